The summed E-state index contributed by atoms with van der Waals surface area (Å²) in [6, 6.07) is 4.42. The summed E-state index contributed by atoms with van der Waals surface area (Å²) in [4.78, 5) is 11.6. The minimum absolute atomic E-state index is 0.0527. The first-order valence-corrected chi connectivity index (χ1v) is 7.05. The molecule has 1 nitrogen and oxygen atoms in total. The highest BCUT2D eigenvalue weighted by molar-refractivity contribution is 7.99. The fourth-order valence-electron chi connectivity index (χ4n) is 1.34. The zero-order valence-corrected chi connectivity index (χ0v) is 11.6. The van der Waals surface area contributed by atoms with Crippen LogP contribution in [0.1, 0.15) is 19.4 Å². The van der Waals surface area contributed by atoms with Crippen LogP contribution in [-0.4, -0.2) is 17.3 Å². The van der Waals surface area contributed by atoms with Gasteiger partial charge in [0.2, 0.25) is 0 Å². The normalized spacial score (nSPS) is 10.9. The number of hydrogen-bond donors (Lipinski definition) is 0. The number of halogens is 2. The van der Waals surface area contributed by atoms with Crippen molar-refractivity contribution in [1.29, 1.82) is 0 Å². The molecular formula is C13H16ClFOS. The molecule has 94 valence electrons. The lowest BCUT2D eigenvalue weighted by molar-refractivity contribution is -0.116. The molecule has 17 heavy (non-hydrogen) atoms. The second-order valence-electron chi connectivity index (χ2n) is 4.36. The second kappa shape index (κ2) is 7.02. The molecule has 0 saturated carbocycles. The zero-order valence-electron chi connectivity index (χ0n) is 10.0. The molecule has 0 aliphatic heterocycles. The number of ketones is 1. The molecule has 0 aromatic heterocycles. The summed E-state index contributed by atoms with van der Waals surface area (Å²) in [6.07, 6.45) is 0.147. The maximum atomic E-state index is 13.4. The predicted molar refractivity (Wildman–Crippen MR) is 72.3 cm³/mol. The smallest absolute Gasteiger partial charge is 0.147 e. The Bertz CT molecular complexity index is 393. The minimum Gasteiger partial charge on any atom is -0.298 e. The largest absolute Gasteiger partial charge is 0.298 e. The third-order valence-electron chi connectivity index (χ3n) is 2.12. The number of carbonyl (C=O) groups excluding carboxylic acids is 1. The Hall–Kier alpha value is -0.540. The van der Waals surface area contributed by atoms with Crippen LogP contribution in [0.5, 0.6) is 0 Å². The molecule has 1 aromatic carbocycles. The average molecular weight is 275 g/mol. The van der Waals surface area contributed by atoms with Crippen molar-refractivity contribution in [2.75, 3.05) is 11.5 Å². The van der Waals surface area contributed by atoms with Gasteiger partial charge >= 0.3 is 0 Å². The van der Waals surface area contributed by atoms with Crippen LogP contribution in [0.2, 0.25) is 5.02 Å². The van der Waals surface area contributed by atoms with Crippen LogP contribution in [0.4, 0.5) is 4.39 Å². The van der Waals surface area contributed by atoms with E-state index in [4.69, 9.17) is 11.6 Å². The Morgan fingerprint density at radius 3 is 2.76 bits per heavy atom. The van der Waals surface area contributed by atoms with E-state index in [-0.39, 0.29) is 12.2 Å². The molecule has 0 N–H and O–H groups in total. The molecule has 0 spiro atoms. The summed E-state index contributed by atoms with van der Waals surface area (Å²) in [5.74, 6) is 1.62. The molecule has 1 aromatic rings. The van der Waals surface area contributed by atoms with Crippen molar-refractivity contribution >= 4 is 29.1 Å². The van der Waals surface area contributed by atoms with Gasteiger partial charge in [-0.05, 0) is 29.4 Å². The highest BCUT2D eigenvalue weighted by Gasteiger charge is 2.09. The van der Waals surface area contributed by atoms with Crippen molar-refractivity contribution in [3.05, 3.63) is 34.6 Å². The fraction of sp³-hybridized carbons (Fsp3) is 0.462. The molecular weight excluding hydrogens is 259 g/mol. The van der Waals surface area contributed by atoms with Crippen LogP contribution in [-0.2, 0) is 11.2 Å². The van der Waals surface area contributed by atoms with Crippen LogP contribution >= 0.6 is 23.4 Å². The quantitative estimate of drug-likeness (QED) is 0.780. The number of rotatable bonds is 6. The first-order chi connectivity index (χ1) is 7.99. The molecule has 0 amide bonds. The van der Waals surface area contributed by atoms with E-state index in [1.54, 1.807) is 23.9 Å². The van der Waals surface area contributed by atoms with Gasteiger partial charge in [0, 0.05) is 11.4 Å². The van der Waals surface area contributed by atoms with E-state index in [0.717, 1.165) is 5.75 Å². The number of hydrogen-bond acceptors (Lipinski definition) is 2. The van der Waals surface area contributed by atoms with E-state index in [9.17, 15) is 9.18 Å². The van der Waals surface area contributed by atoms with Gasteiger partial charge in [0.15, 0.2) is 0 Å². The molecule has 0 unspecified atom stereocenters. The van der Waals surface area contributed by atoms with Crippen LogP contribution in [0.25, 0.3) is 0 Å². The van der Waals surface area contributed by atoms with Crippen molar-refractivity contribution in [3.8, 4) is 0 Å². The Morgan fingerprint density at radius 1 is 1.47 bits per heavy atom. The third-order valence-corrected chi connectivity index (χ3v) is 3.78. The fourth-order valence-corrected chi connectivity index (χ4v) is 2.41. The van der Waals surface area contributed by atoms with Gasteiger partial charge in [-0.3, -0.25) is 4.79 Å². The Balaban J connectivity index is 2.45. The van der Waals surface area contributed by atoms with Gasteiger partial charge < -0.3 is 0 Å². The summed E-state index contributed by atoms with van der Waals surface area (Å²) in [5.41, 5.74) is 0.421. The lowest BCUT2D eigenvalue weighted by Crippen LogP contribution is -2.08. The molecule has 1 rings (SSSR count). The molecule has 0 bridgehead atoms. The molecule has 0 heterocycles. The second-order valence-corrected chi connectivity index (χ2v) is 5.83. The van der Waals surface area contributed by atoms with Crippen molar-refractivity contribution in [1.82, 2.24) is 0 Å². The van der Waals surface area contributed by atoms with E-state index >= 15 is 0 Å². The van der Waals surface area contributed by atoms with Gasteiger partial charge in [0.05, 0.1) is 5.75 Å². The average Bonchev–Trinajstić information content (AvgIpc) is 2.21. The summed E-state index contributed by atoms with van der Waals surface area (Å²) >= 11 is 7.24. The van der Waals surface area contributed by atoms with Crippen LogP contribution in [0, 0.1) is 11.7 Å². The van der Waals surface area contributed by atoms with E-state index in [1.165, 1.54) is 6.07 Å². The van der Waals surface area contributed by atoms with Gasteiger partial charge in [-0.25, -0.2) is 4.39 Å². The number of benzene rings is 1. The van der Waals surface area contributed by atoms with Crippen molar-refractivity contribution in [3.63, 3.8) is 0 Å². The number of Topliss-reactive ketones (excluding diaryl/α,β-unsaturated/α-hetero) is 1. The van der Waals surface area contributed by atoms with E-state index in [0.29, 0.717) is 22.3 Å². The van der Waals surface area contributed by atoms with Crippen LogP contribution in [0.15, 0.2) is 18.2 Å². The maximum absolute atomic E-state index is 13.4. The molecule has 0 aliphatic carbocycles. The Morgan fingerprint density at radius 2 is 2.18 bits per heavy atom. The first kappa shape index (κ1) is 14.5. The summed E-state index contributed by atoms with van der Waals surface area (Å²) < 4.78 is 13.4. The Kier molecular flexibility index (Phi) is 6.00. The predicted octanol–water partition coefficient (Wildman–Crippen LogP) is 3.98. The third kappa shape index (κ3) is 5.55. The van der Waals surface area contributed by atoms with Gasteiger partial charge in [-0.15, -0.1) is 0 Å². The van der Waals surface area contributed by atoms with E-state index < -0.39 is 5.82 Å². The Labute approximate surface area is 111 Å². The molecule has 0 radical (unpaired) electrons. The highest BCUT2D eigenvalue weighted by Crippen LogP contribution is 2.16. The lowest BCUT2D eigenvalue weighted by atomic mass is 10.1. The van der Waals surface area contributed by atoms with Crippen LogP contribution < -0.4 is 0 Å². The zero-order chi connectivity index (χ0) is 12.8. The minimum atomic E-state index is -0.403. The van der Waals surface area contributed by atoms with Crippen molar-refractivity contribution in [2.45, 2.75) is 20.3 Å². The van der Waals surface area contributed by atoms with Crippen molar-refractivity contribution in [2.24, 2.45) is 5.92 Å². The topological polar surface area (TPSA) is 17.1 Å². The SMILES string of the molecule is CC(C)CSCC(=O)Cc1ccc(Cl)cc1F. The summed E-state index contributed by atoms with van der Waals surface area (Å²) in [5, 5.41) is 0.355. The molecule has 0 aliphatic rings. The first-order valence-electron chi connectivity index (χ1n) is 5.52. The molecule has 4 heteroatoms. The summed E-state index contributed by atoms with van der Waals surface area (Å²) in [6.45, 7) is 4.21. The van der Waals surface area contributed by atoms with Gasteiger partial charge in [0.25, 0.3) is 0 Å². The summed E-state index contributed by atoms with van der Waals surface area (Å²) in [7, 11) is 0. The van der Waals surface area contributed by atoms with Crippen molar-refractivity contribution < 1.29 is 9.18 Å². The molecule has 0 fully saturated rings. The highest BCUT2D eigenvalue weighted by atomic mass is 35.5. The monoisotopic (exact) mass is 274 g/mol. The molecule has 0 saturated heterocycles. The van der Waals surface area contributed by atoms with Gasteiger partial charge in [0.1, 0.15) is 11.6 Å². The van der Waals surface area contributed by atoms with Gasteiger partial charge in [-0.2, -0.15) is 11.8 Å². The molecule has 0 atom stereocenters. The maximum Gasteiger partial charge on any atom is 0.147 e. The number of carbonyl (C=O) groups is 1. The van der Waals surface area contributed by atoms with Gasteiger partial charge in [-0.1, -0.05) is 31.5 Å². The van der Waals surface area contributed by atoms with E-state index in [1.807, 2.05) is 0 Å². The number of thioether (sulfide) groups is 1. The standard InChI is InChI=1S/C13H16ClFOS/c1-9(2)7-17-8-12(16)5-10-3-4-11(14)6-13(10)15/h3-4,6,9H,5,7-8H2,1-2H3. The lowest BCUT2D eigenvalue weighted by Gasteiger charge is -2.05. The van der Waals surface area contributed by atoms with Crippen LogP contribution in [0.3, 0.4) is 0 Å². The van der Waals surface area contributed by atoms with E-state index in [2.05, 4.69) is 13.8 Å².